The Morgan fingerprint density at radius 3 is 2.39 bits per heavy atom. The molecule has 1 aliphatic heterocycles. The van der Waals surface area contributed by atoms with Gasteiger partial charge in [-0.15, -0.1) is 5.10 Å². The number of rotatable bonds is 6. The molecule has 2 aromatic heterocycles. The van der Waals surface area contributed by atoms with Gasteiger partial charge in [0.05, 0.1) is 0 Å². The van der Waals surface area contributed by atoms with Crippen LogP contribution in [0, 0.1) is 0 Å². The number of hydrogen-bond donors (Lipinski definition) is 2. The number of benzene rings is 1. The fourth-order valence-corrected chi connectivity index (χ4v) is 4.97. The molecule has 33 heavy (non-hydrogen) atoms. The fraction of sp³-hybridized carbons (Fsp3) is 0.417. The molecule has 1 saturated heterocycles. The van der Waals surface area contributed by atoms with Crippen LogP contribution in [-0.4, -0.2) is 68.2 Å². The number of nitrogens with zero attached hydrogens (tertiary/aromatic N) is 6. The first-order valence-electron chi connectivity index (χ1n) is 11.6. The highest BCUT2D eigenvalue weighted by atomic mass is 16.1. The van der Waals surface area contributed by atoms with Crippen LogP contribution in [0.2, 0.25) is 0 Å². The molecule has 0 spiro atoms. The van der Waals surface area contributed by atoms with Gasteiger partial charge in [0.15, 0.2) is 5.82 Å². The highest BCUT2D eigenvalue weighted by molar-refractivity contribution is 5.55. The molecule has 3 heterocycles. The molecule has 2 aliphatic rings. The van der Waals surface area contributed by atoms with E-state index in [-0.39, 0.29) is 5.95 Å². The summed E-state index contributed by atoms with van der Waals surface area (Å²) in [5.74, 6) is 1.97. The van der Waals surface area contributed by atoms with E-state index < -0.39 is 0 Å². The number of amides is 1. The molecule has 1 aromatic carbocycles. The average Bonchev–Trinajstić information content (AvgIpc) is 3.25. The summed E-state index contributed by atoms with van der Waals surface area (Å²) in [6.07, 6.45) is 7.53. The third-order valence-electron chi connectivity index (χ3n) is 6.85. The first-order chi connectivity index (χ1) is 16.2. The topological polar surface area (TPSA) is 105 Å². The van der Waals surface area contributed by atoms with Gasteiger partial charge in [-0.2, -0.15) is 9.67 Å². The summed E-state index contributed by atoms with van der Waals surface area (Å²) in [5.41, 5.74) is 8.33. The van der Waals surface area contributed by atoms with Crippen LogP contribution in [0.1, 0.15) is 37.2 Å². The summed E-state index contributed by atoms with van der Waals surface area (Å²) < 4.78 is 1.52. The Hall–Kier alpha value is -3.46. The van der Waals surface area contributed by atoms with Crippen molar-refractivity contribution in [1.82, 2.24) is 29.5 Å². The molecule has 3 N–H and O–H groups in total. The Kier molecular flexibility index (Phi) is 6.21. The molecule has 5 rings (SSSR count). The maximum atomic E-state index is 10.9. The lowest BCUT2D eigenvalue weighted by Crippen LogP contribution is -2.50. The molecule has 0 bridgehead atoms. The van der Waals surface area contributed by atoms with Gasteiger partial charge in [0.1, 0.15) is 0 Å². The van der Waals surface area contributed by atoms with Crippen LogP contribution in [0.3, 0.4) is 0 Å². The number of pyridine rings is 1. The fourth-order valence-electron chi connectivity index (χ4n) is 4.97. The lowest BCUT2D eigenvalue weighted by atomic mass is 9.81. The zero-order valence-corrected chi connectivity index (χ0v) is 18.7. The minimum atomic E-state index is 0.289. The van der Waals surface area contributed by atoms with Gasteiger partial charge in [0.2, 0.25) is 18.3 Å². The number of nitrogens with one attached hydrogen (secondary N) is 1. The Balaban J connectivity index is 1.16. The van der Waals surface area contributed by atoms with Gasteiger partial charge < -0.3 is 16.0 Å². The zero-order valence-electron chi connectivity index (χ0n) is 18.7. The molecule has 9 heteroatoms. The van der Waals surface area contributed by atoms with Gasteiger partial charge >= 0.3 is 0 Å². The number of nitrogens with two attached hydrogens (primary N) is 1. The monoisotopic (exact) mass is 446 g/mol. The number of nitrogen functional groups attached to an aromatic ring is 1. The van der Waals surface area contributed by atoms with Crippen molar-refractivity contribution in [3.05, 3.63) is 54.2 Å². The second-order valence-electron chi connectivity index (χ2n) is 8.82. The van der Waals surface area contributed by atoms with E-state index >= 15 is 0 Å². The van der Waals surface area contributed by atoms with Crippen molar-refractivity contribution in [2.24, 2.45) is 0 Å². The maximum Gasteiger partial charge on any atom is 0.248 e. The van der Waals surface area contributed by atoms with Gasteiger partial charge in [0, 0.05) is 44.1 Å². The second-order valence-corrected chi connectivity index (χ2v) is 8.82. The van der Waals surface area contributed by atoms with Crippen LogP contribution in [0.25, 0.3) is 5.82 Å². The molecule has 0 unspecified atom stereocenters. The van der Waals surface area contributed by atoms with Crippen molar-refractivity contribution in [2.75, 3.05) is 37.2 Å². The summed E-state index contributed by atoms with van der Waals surface area (Å²) in [5, 5.41) is 7.67. The van der Waals surface area contributed by atoms with E-state index in [1.807, 2.05) is 23.1 Å². The van der Waals surface area contributed by atoms with E-state index in [1.165, 1.54) is 35.9 Å². The van der Waals surface area contributed by atoms with Crippen molar-refractivity contribution in [1.29, 1.82) is 0 Å². The van der Waals surface area contributed by atoms with E-state index in [9.17, 15) is 4.79 Å². The number of carbonyl (C=O) groups excluding carboxylic acids is 1. The van der Waals surface area contributed by atoms with Crippen molar-refractivity contribution < 1.29 is 4.79 Å². The SMILES string of the molecule is Nc1nc(Nc2ccc([C@H]3CC[C@@H](N4CCN(C=O)CC4)CC3)cc2)nn1-c1ccccn1. The number of anilines is 3. The highest BCUT2D eigenvalue weighted by Crippen LogP contribution is 2.35. The van der Waals surface area contributed by atoms with Gasteiger partial charge in [-0.3, -0.25) is 9.69 Å². The summed E-state index contributed by atoms with van der Waals surface area (Å²) >= 11 is 0. The number of aromatic nitrogens is 4. The van der Waals surface area contributed by atoms with Crippen LogP contribution in [-0.2, 0) is 4.79 Å². The van der Waals surface area contributed by atoms with Gasteiger partial charge in [-0.05, 0) is 61.4 Å². The summed E-state index contributed by atoms with van der Waals surface area (Å²) in [6.45, 7) is 3.73. The van der Waals surface area contributed by atoms with Crippen molar-refractivity contribution in [3.63, 3.8) is 0 Å². The molecule has 9 nitrogen and oxygen atoms in total. The normalized spacial score (nSPS) is 21.6. The van der Waals surface area contributed by atoms with E-state index in [2.05, 4.69) is 49.5 Å². The van der Waals surface area contributed by atoms with Crippen LogP contribution in [0.15, 0.2) is 48.7 Å². The minimum Gasteiger partial charge on any atom is -0.368 e. The summed E-state index contributed by atoms with van der Waals surface area (Å²) in [4.78, 5) is 24.0. The lowest BCUT2D eigenvalue weighted by molar-refractivity contribution is -0.120. The maximum absolute atomic E-state index is 10.9. The van der Waals surface area contributed by atoms with Gasteiger partial charge in [-0.25, -0.2) is 4.98 Å². The first kappa shape index (κ1) is 21.4. The Morgan fingerprint density at radius 1 is 0.970 bits per heavy atom. The number of piperazine rings is 1. The van der Waals surface area contributed by atoms with Crippen molar-refractivity contribution >= 4 is 24.0 Å². The predicted octanol–water partition coefficient (Wildman–Crippen LogP) is 2.79. The predicted molar refractivity (Wildman–Crippen MR) is 127 cm³/mol. The standard InChI is InChI=1S/C24H30N8O/c25-23-28-24(29-32(23)22-3-1-2-12-26-22)27-20-8-4-18(5-9-20)19-6-10-21(11-7-19)31-15-13-30(17-33)14-16-31/h1-5,8-9,12,17,19,21H,6-7,10-11,13-16H2,(H3,25,27,28,29)/t19-,21+. The molecule has 1 aliphatic carbocycles. The van der Waals surface area contributed by atoms with Crippen LogP contribution in [0.4, 0.5) is 17.6 Å². The quantitative estimate of drug-likeness (QED) is 0.561. The first-order valence-corrected chi connectivity index (χ1v) is 11.6. The summed E-state index contributed by atoms with van der Waals surface area (Å²) in [6, 6.07) is 14.8. The Bertz CT molecular complexity index is 1050. The zero-order chi connectivity index (χ0) is 22.6. The summed E-state index contributed by atoms with van der Waals surface area (Å²) in [7, 11) is 0. The highest BCUT2D eigenvalue weighted by Gasteiger charge is 2.28. The van der Waals surface area contributed by atoms with Gasteiger partial charge in [0.25, 0.3) is 0 Å². The van der Waals surface area contributed by atoms with Crippen LogP contribution >= 0.6 is 0 Å². The smallest absolute Gasteiger partial charge is 0.248 e. The van der Waals surface area contributed by atoms with Crippen LogP contribution in [0.5, 0.6) is 0 Å². The molecular weight excluding hydrogens is 416 g/mol. The second kappa shape index (κ2) is 9.58. The van der Waals surface area contributed by atoms with E-state index in [0.29, 0.717) is 23.7 Å². The van der Waals surface area contributed by atoms with Crippen LogP contribution < -0.4 is 11.1 Å². The van der Waals surface area contributed by atoms with Crippen molar-refractivity contribution in [2.45, 2.75) is 37.6 Å². The van der Waals surface area contributed by atoms with E-state index in [4.69, 9.17) is 5.73 Å². The van der Waals surface area contributed by atoms with E-state index in [1.54, 1.807) is 6.20 Å². The molecular formula is C24H30N8O. The molecule has 0 radical (unpaired) electrons. The van der Waals surface area contributed by atoms with Gasteiger partial charge in [-0.1, -0.05) is 18.2 Å². The molecule has 0 atom stereocenters. The molecule has 3 aromatic rings. The molecule has 172 valence electrons. The third kappa shape index (κ3) is 4.83. The van der Waals surface area contributed by atoms with Crippen molar-refractivity contribution in [3.8, 4) is 5.82 Å². The average molecular weight is 447 g/mol. The lowest BCUT2D eigenvalue weighted by Gasteiger charge is -2.41. The minimum absolute atomic E-state index is 0.289. The number of hydrogen-bond acceptors (Lipinski definition) is 7. The number of carbonyl (C=O) groups is 1. The molecule has 2 fully saturated rings. The Morgan fingerprint density at radius 2 is 1.73 bits per heavy atom. The molecule has 1 amide bonds. The molecule has 1 saturated carbocycles. The van der Waals surface area contributed by atoms with E-state index in [0.717, 1.165) is 38.3 Å². The third-order valence-corrected chi connectivity index (χ3v) is 6.85. The Labute approximate surface area is 193 Å². The largest absolute Gasteiger partial charge is 0.368 e.